The zero-order valence-corrected chi connectivity index (χ0v) is 9.96. The molecule has 1 atom stereocenters. The van der Waals surface area contributed by atoms with Crippen molar-refractivity contribution in [3.05, 3.63) is 53.3 Å². The van der Waals surface area contributed by atoms with Gasteiger partial charge >= 0.3 is 0 Å². The lowest BCUT2D eigenvalue weighted by molar-refractivity contribution is 0.626. The minimum Gasteiger partial charge on any atom is -0.399 e. The molecular weight excluding hydrogens is 269 g/mol. The van der Waals surface area contributed by atoms with E-state index in [1.807, 2.05) is 24.3 Å². The van der Waals surface area contributed by atoms with Gasteiger partial charge in [0.2, 0.25) is 0 Å². The van der Waals surface area contributed by atoms with Crippen LogP contribution >= 0.6 is 15.9 Å². The molecule has 0 heterocycles. The summed E-state index contributed by atoms with van der Waals surface area (Å²) in [5, 5.41) is 0. The Bertz CT molecular complexity index is 529. The Kier molecular flexibility index (Phi) is 2.04. The van der Waals surface area contributed by atoms with Gasteiger partial charge in [0.1, 0.15) is 5.82 Å². The second kappa shape index (κ2) is 3.32. The number of halogens is 2. The molecule has 2 aromatic carbocycles. The number of fused-ring (bicyclic) bond motifs is 3. The Labute approximate surface area is 101 Å². The maximum atomic E-state index is 13.2. The third kappa shape index (κ3) is 1.28. The smallest absolute Gasteiger partial charge is 0.123 e. The lowest BCUT2D eigenvalue weighted by atomic mass is 10.1. The Morgan fingerprint density at radius 2 is 1.62 bits per heavy atom. The highest BCUT2D eigenvalue weighted by atomic mass is 79.9. The van der Waals surface area contributed by atoms with Crippen LogP contribution in [0.4, 0.5) is 10.1 Å². The first-order chi connectivity index (χ1) is 7.66. The number of nitrogen functional groups attached to an aromatic ring is 1. The molecule has 0 radical (unpaired) electrons. The zero-order valence-electron chi connectivity index (χ0n) is 8.37. The summed E-state index contributed by atoms with van der Waals surface area (Å²) in [5.74, 6) is -0.205. The van der Waals surface area contributed by atoms with Crippen LogP contribution in [0, 0.1) is 5.82 Å². The van der Waals surface area contributed by atoms with Crippen molar-refractivity contribution in [1.29, 1.82) is 0 Å². The summed E-state index contributed by atoms with van der Waals surface area (Å²) in [5.41, 5.74) is 10.8. The number of alkyl halides is 1. The van der Waals surface area contributed by atoms with Crippen LogP contribution in [0.25, 0.3) is 11.1 Å². The molecule has 0 fully saturated rings. The second-order valence-corrected chi connectivity index (χ2v) is 4.86. The predicted molar refractivity (Wildman–Crippen MR) is 67.0 cm³/mol. The van der Waals surface area contributed by atoms with Crippen molar-refractivity contribution in [3.63, 3.8) is 0 Å². The molecule has 3 heteroatoms. The van der Waals surface area contributed by atoms with Gasteiger partial charge in [-0.05, 0) is 46.5 Å². The van der Waals surface area contributed by atoms with E-state index in [2.05, 4.69) is 15.9 Å². The molecule has 0 saturated heterocycles. The van der Waals surface area contributed by atoms with Crippen LogP contribution in [0.1, 0.15) is 16.0 Å². The Hall–Kier alpha value is -1.35. The third-order valence-corrected chi connectivity index (χ3v) is 3.91. The van der Waals surface area contributed by atoms with E-state index in [9.17, 15) is 4.39 Å². The Morgan fingerprint density at radius 1 is 1.00 bits per heavy atom. The maximum absolute atomic E-state index is 13.2. The van der Waals surface area contributed by atoms with E-state index < -0.39 is 0 Å². The van der Waals surface area contributed by atoms with Gasteiger partial charge < -0.3 is 5.73 Å². The summed E-state index contributed by atoms with van der Waals surface area (Å²) in [6.07, 6.45) is 0. The fourth-order valence-corrected chi connectivity index (χ4v) is 2.95. The van der Waals surface area contributed by atoms with Crippen LogP contribution in [-0.2, 0) is 0 Å². The number of hydrogen-bond acceptors (Lipinski definition) is 1. The number of anilines is 1. The van der Waals surface area contributed by atoms with Crippen molar-refractivity contribution in [2.75, 3.05) is 5.73 Å². The first-order valence-electron chi connectivity index (χ1n) is 5.00. The molecule has 2 N–H and O–H groups in total. The zero-order chi connectivity index (χ0) is 11.3. The molecule has 0 spiro atoms. The van der Waals surface area contributed by atoms with Gasteiger partial charge in [-0.15, -0.1) is 0 Å². The SMILES string of the molecule is Nc1ccc2c(c1)C(Br)c1cc(F)ccc1-2. The monoisotopic (exact) mass is 277 g/mol. The van der Waals surface area contributed by atoms with E-state index in [0.29, 0.717) is 0 Å². The summed E-state index contributed by atoms with van der Waals surface area (Å²) in [6, 6.07) is 10.7. The third-order valence-electron chi connectivity index (χ3n) is 2.93. The molecule has 1 unspecified atom stereocenters. The quantitative estimate of drug-likeness (QED) is 0.574. The number of nitrogens with two attached hydrogens (primary N) is 1. The van der Waals surface area contributed by atoms with Crippen LogP contribution in [0.15, 0.2) is 36.4 Å². The molecule has 1 nitrogen and oxygen atoms in total. The minimum atomic E-state index is -0.205. The molecule has 16 heavy (non-hydrogen) atoms. The van der Waals surface area contributed by atoms with Crippen molar-refractivity contribution < 1.29 is 4.39 Å². The van der Waals surface area contributed by atoms with Gasteiger partial charge in [-0.2, -0.15) is 0 Å². The van der Waals surface area contributed by atoms with Crippen molar-refractivity contribution in [3.8, 4) is 11.1 Å². The van der Waals surface area contributed by atoms with Gasteiger partial charge in [-0.3, -0.25) is 0 Å². The fourth-order valence-electron chi connectivity index (χ4n) is 2.19. The molecule has 1 aliphatic carbocycles. The molecule has 0 saturated carbocycles. The van der Waals surface area contributed by atoms with Crippen LogP contribution in [-0.4, -0.2) is 0 Å². The van der Waals surface area contributed by atoms with Gasteiger partial charge in [0, 0.05) is 5.69 Å². The molecule has 80 valence electrons. The van der Waals surface area contributed by atoms with Crippen LogP contribution < -0.4 is 5.73 Å². The largest absolute Gasteiger partial charge is 0.399 e. The molecule has 0 bridgehead atoms. The highest BCUT2D eigenvalue weighted by Gasteiger charge is 2.26. The van der Waals surface area contributed by atoms with Gasteiger partial charge in [0.05, 0.1) is 4.83 Å². The average molecular weight is 278 g/mol. The van der Waals surface area contributed by atoms with Gasteiger partial charge in [0.15, 0.2) is 0 Å². The van der Waals surface area contributed by atoms with Crippen molar-refractivity contribution in [2.45, 2.75) is 4.83 Å². The normalized spacial score (nSPS) is 17.0. The molecule has 0 aromatic heterocycles. The molecule has 2 aromatic rings. The average Bonchev–Trinajstić information content (AvgIpc) is 2.53. The summed E-state index contributed by atoms with van der Waals surface area (Å²) < 4.78 is 13.2. The summed E-state index contributed by atoms with van der Waals surface area (Å²) >= 11 is 3.58. The van der Waals surface area contributed by atoms with Crippen molar-refractivity contribution in [1.82, 2.24) is 0 Å². The Balaban J connectivity index is 2.30. The van der Waals surface area contributed by atoms with Gasteiger partial charge in [-0.25, -0.2) is 4.39 Å². The van der Waals surface area contributed by atoms with E-state index in [0.717, 1.165) is 27.9 Å². The van der Waals surface area contributed by atoms with E-state index in [1.54, 1.807) is 6.07 Å². The topological polar surface area (TPSA) is 26.0 Å². The number of benzene rings is 2. The molecule has 0 aliphatic heterocycles. The number of rotatable bonds is 0. The van der Waals surface area contributed by atoms with Crippen molar-refractivity contribution >= 4 is 21.6 Å². The predicted octanol–water partition coefficient (Wildman–Crippen LogP) is 3.87. The molecule has 3 rings (SSSR count). The van der Waals surface area contributed by atoms with E-state index in [-0.39, 0.29) is 10.6 Å². The molecule has 0 amide bonds. The highest BCUT2D eigenvalue weighted by Crippen LogP contribution is 2.48. The maximum Gasteiger partial charge on any atom is 0.123 e. The Morgan fingerprint density at radius 3 is 2.38 bits per heavy atom. The van der Waals surface area contributed by atoms with Gasteiger partial charge in [0.25, 0.3) is 0 Å². The van der Waals surface area contributed by atoms with Crippen LogP contribution in [0.5, 0.6) is 0 Å². The lowest BCUT2D eigenvalue weighted by Gasteiger charge is -2.04. The van der Waals surface area contributed by atoms with Crippen LogP contribution in [0.2, 0.25) is 0 Å². The summed E-state index contributed by atoms with van der Waals surface area (Å²) in [4.78, 5) is 0.0386. The summed E-state index contributed by atoms with van der Waals surface area (Å²) in [7, 11) is 0. The standard InChI is InChI=1S/C13H9BrFN/c14-13-11-5-7(15)1-3-9(11)10-4-2-8(16)6-12(10)13/h1-6,13H,16H2. The lowest BCUT2D eigenvalue weighted by Crippen LogP contribution is -1.89. The fraction of sp³-hybridized carbons (Fsp3) is 0.0769. The van der Waals surface area contributed by atoms with E-state index in [4.69, 9.17) is 5.73 Å². The van der Waals surface area contributed by atoms with E-state index in [1.165, 1.54) is 6.07 Å². The summed E-state index contributed by atoms with van der Waals surface area (Å²) in [6.45, 7) is 0. The van der Waals surface area contributed by atoms with Crippen LogP contribution in [0.3, 0.4) is 0 Å². The van der Waals surface area contributed by atoms with Crippen molar-refractivity contribution in [2.24, 2.45) is 0 Å². The van der Waals surface area contributed by atoms with E-state index >= 15 is 0 Å². The minimum absolute atomic E-state index is 0.0386. The second-order valence-electron chi connectivity index (χ2n) is 3.94. The first-order valence-corrected chi connectivity index (χ1v) is 5.91. The first kappa shape index (κ1) is 9.85. The molecule has 1 aliphatic rings. The number of hydrogen-bond donors (Lipinski definition) is 1. The van der Waals surface area contributed by atoms with Gasteiger partial charge in [-0.1, -0.05) is 28.1 Å². The molecular formula is C13H9BrFN. The highest BCUT2D eigenvalue weighted by molar-refractivity contribution is 9.09.